The van der Waals surface area contributed by atoms with E-state index in [1.807, 2.05) is 6.92 Å². The van der Waals surface area contributed by atoms with Gasteiger partial charge in [-0.3, -0.25) is 4.79 Å². The first-order chi connectivity index (χ1) is 7.70. The number of carbonyl (C=O) groups is 1. The summed E-state index contributed by atoms with van der Waals surface area (Å²) in [4.78, 5) is 19.7. The molecule has 0 spiro atoms. The lowest BCUT2D eigenvalue weighted by molar-refractivity contribution is -0.129. The molecule has 1 amide bonds. The lowest BCUT2D eigenvalue weighted by atomic mass is 10.3. The summed E-state index contributed by atoms with van der Waals surface area (Å²) in [6.45, 7) is 5.02. The number of hydrogen-bond donors (Lipinski definition) is 1. The van der Waals surface area contributed by atoms with Crippen molar-refractivity contribution < 1.29 is 4.79 Å². The molecule has 1 aromatic rings. The van der Waals surface area contributed by atoms with Crippen LogP contribution in [0.3, 0.4) is 0 Å². The first-order valence-corrected chi connectivity index (χ1v) is 6.01. The molecule has 0 aromatic carbocycles. The molecule has 2 N–H and O–H groups in total. The largest absolute Gasteiger partial charge is 0.343 e. The van der Waals surface area contributed by atoms with Gasteiger partial charge >= 0.3 is 0 Å². The summed E-state index contributed by atoms with van der Waals surface area (Å²) in [7, 11) is 0. The van der Waals surface area contributed by atoms with Crippen molar-refractivity contribution in [2.75, 3.05) is 37.6 Å². The Labute approximate surface area is 123 Å². The quantitative estimate of drug-likeness (QED) is 0.850. The molecule has 2 rings (SSSR count). The lowest BCUT2D eigenvalue weighted by Gasteiger charge is -2.34. The molecule has 0 saturated carbocycles. The van der Waals surface area contributed by atoms with E-state index in [0.29, 0.717) is 13.1 Å². The lowest BCUT2D eigenvalue weighted by Crippen LogP contribution is -2.50. The van der Waals surface area contributed by atoms with Crippen molar-refractivity contribution in [3.8, 4) is 0 Å². The normalized spacial score (nSPS) is 14.8. The van der Waals surface area contributed by atoms with E-state index in [1.54, 1.807) is 4.90 Å². The molecule has 1 aliphatic rings. The van der Waals surface area contributed by atoms with E-state index >= 15 is 0 Å². The van der Waals surface area contributed by atoms with Crippen LogP contribution < -0.4 is 10.6 Å². The highest BCUT2D eigenvalue weighted by molar-refractivity contribution is 7.09. The van der Waals surface area contributed by atoms with Crippen LogP contribution in [-0.2, 0) is 4.79 Å². The topological polar surface area (TPSA) is 75.4 Å². The fourth-order valence-corrected chi connectivity index (χ4v) is 2.42. The molecule has 0 atom stereocenters. The molecule has 0 unspecified atom stereocenters. The zero-order valence-corrected chi connectivity index (χ0v) is 12.5. The van der Waals surface area contributed by atoms with Crippen LogP contribution in [0.5, 0.6) is 0 Å². The molecule has 9 heteroatoms. The zero-order chi connectivity index (χ0) is 11.5. The van der Waals surface area contributed by atoms with Gasteiger partial charge in [0.05, 0.1) is 6.54 Å². The number of aryl methyl sites for hydroxylation is 1. The van der Waals surface area contributed by atoms with Crippen LogP contribution >= 0.6 is 36.3 Å². The van der Waals surface area contributed by atoms with Crippen molar-refractivity contribution in [3.05, 3.63) is 5.82 Å². The van der Waals surface area contributed by atoms with Gasteiger partial charge in [0.25, 0.3) is 0 Å². The Bertz CT molecular complexity index is 381. The predicted molar refractivity (Wildman–Crippen MR) is 77.0 cm³/mol. The number of anilines is 1. The Balaban J connectivity index is 0.00000144. The molecule has 18 heavy (non-hydrogen) atoms. The maximum absolute atomic E-state index is 11.4. The Hall–Kier alpha value is -0.630. The number of rotatable bonds is 2. The van der Waals surface area contributed by atoms with Crippen LogP contribution in [0, 0.1) is 6.92 Å². The Morgan fingerprint density at radius 2 is 1.94 bits per heavy atom. The molecule has 0 aliphatic carbocycles. The summed E-state index contributed by atoms with van der Waals surface area (Å²) < 4.78 is 4.15. The minimum atomic E-state index is 0. The van der Waals surface area contributed by atoms with Gasteiger partial charge in [-0.1, -0.05) is 0 Å². The van der Waals surface area contributed by atoms with Gasteiger partial charge in [0.15, 0.2) is 0 Å². The van der Waals surface area contributed by atoms with Crippen LogP contribution in [0.25, 0.3) is 0 Å². The summed E-state index contributed by atoms with van der Waals surface area (Å²) in [5.41, 5.74) is 5.33. The first-order valence-electron chi connectivity index (χ1n) is 5.24. The fraction of sp³-hybridized carbons (Fsp3) is 0.667. The molecule has 1 saturated heterocycles. The van der Waals surface area contributed by atoms with Crippen LogP contribution in [0.1, 0.15) is 5.82 Å². The van der Waals surface area contributed by atoms with E-state index in [-0.39, 0.29) is 37.3 Å². The van der Waals surface area contributed by atoms with Gasteiger partial charge in [0.2, 0.25) is 11.0 Å². The average molecular weight is 314 g/mol. The fourth-order valence-electron chi connectivity index (χ4n) is 1.69. The number of nitrogens with two attached hydrogens (primary N) is 1. The van der Waals surface area contributed by atoms with E-state index in [1.165, 1.54) is 11.5 Å². The molecular weight excluding hydrogens is 297 g/mol. The van der Waals surface area contributed by atoms with Gasteiger partial charge in [-0.25, -0.2) is 4.98 Å². The summed E-state index contributed by atoms with van der Waals surface area (Å²) in [5, 5.41) is 0.942. The second kappa shape index (κ2) is 7.73. The third-order valence-corrected chi connectivity index (χ3v) is 3.46. The minimum absolute atomic E-state index is 0. The number of amides is 1. The van der Waals surface area contributed by atoms with E-state index in [0.717, 1.165) is 24.0 Å². The van der Waals surface area contributed by atoms with Gasteiger partial charge in [0.1, 0.15) is 5.82 Å². The third-order valence-electron chi connectivity index (χ3n) is 2.59. The van der Waals surface area contributed by atoms with Crippen LogP contribution in [0.15, 0.2) is 0 Å². The monoisotopic (exact) mass is 313 g/mol. The van der Waals surface area contributed by atoms with Crippen molar-refractivity contribution in [2.24, 2.45) is 5.73 Å². The number of aromatic nitrogens is 2. The maximum atomic E-state index is 11.4. The minimum Gasteiger partial charge on any atom is -0.343 e. The Morgan fingerprint density at radius 3 is 2.39 bits per heavy atom. The summed E-state index contributed by atoms with van der Waals surface area (Å²) in [6, 6.07) is 0. The standard InChI is InChI=1S/C9H15N5OS.2ClH/c1-7-11-9(16-12-7)14-4-2-13(3-5-14)8(15)6-10;;/h2-6,10H2,1H3;2*1H. The Kier molecular flexibility index (Phi) is 7.46. The van der Waals surface area contributed by atoms with Gasteiger partial charge in [0, 0.05) is 37.7 Å². The van der Waals surface area contributed by atoms with Gasteiger partial charge in [-0.2, -0.15) is 4.37 Å². The van der Waals surface area contributed by atoms with E-state index in [2.05, 4.69) is 14.3 Å². The zero-order valence-electron chi connectivity index (χ0n) is 10.0. The highest BCUT2D eigenvalue weighted by atomic mass is 35.5. The average Bonchev–Trinajstić information content (AvgIpc) is 2.75. The molecule has 1 fully saturated rings. The van der Waals surface area contributed by atoms with E-state index in [4.69, 9.17) is 5.73 Å². The second-order valence-electron chi connectivity index (χ2n) is 3.70. The predicted octanol–water partition coefficient (Wildman–Crippen LogP) is 0.297. The molecule has 0 radical (unpaired) electrons. The van der Waals surface area contributed by atoms with Crippen LogP contribution in [-0.4, -0.2) is 52.9 Å². The van der Waals surface area contributed by atoms with E-state index in [9.17, 15) is 4.79 Å². The Morgan fingerprint density at radius 1 is 1.33 bits per heavy atom. The summed E-state index contributed by atoms with van der Waals surface area (Å²) in [5.74, 6) is 0.827. The number of piperazine rings is 1. The molecule has 2 heterocycles. The molecule has 104 valence electrons. The van der Waals surface area contributed by atoms with Gasteiger partial charge < -0.3 is 15.5 Å². The number of hydrogen-bond acceptors (Lipinski definition) is 6. The molecule has 6 nitrogen and oxygen atoms in total. The highest BCUT2D eigenvalue weighted by Gasteiger charge is 2.21. The third kappa shape index (κ3) is 3.94. The number of carbonyl (C=O) groups excluding carboxylic acids is 1. The van der Waals surface area contributed by atoms with Crippen molar-refractivity contribution in [1.82, 2.24) is 14.3 Å². The van der Waals surface area contributed by atoms with Crippen LogP contribution in [0.4, 0.5) is 5.13 Å². The smallest absolute Gasteiger partial charge is 0.236 e. The SMILES string of the molecule is Cc1nsc(N2CCN(C(=O)CN)CC2)n1.Cl.Cl. The van der Waals surface area contributed by atoms with Crippen molar-refractivity contribution in [2.45, 2.75) is 6.92 Å². The molecular formula is C9H17Cl2N5OS. The first kappa shape index (κ1) is 17.4. The molecule has 1 aliphatic heterocycles. The van der Waals surface area contributed by atoms with Crippen LogP contribution in [0.2, 0.25) is 0 Å². The van der Waals surface area contributed by atoms with Gasteiger partial charge in [-0.05, 0) is 6.92 Å². The van der Waals surface area contributed by atoms with Crippen molar-refractivity contribution >= 4 is 47.4 Å². The number of halogens is 2. The number of nitrogens with zero attached hydrogens (tertiary/aromatic N) is 4. The van der Waals surface area contributed by atoms with Gasteiger partial charge in [-0.15, -0.1) is 24.8 Å². The van der Waals surface area contributed by atoms with Crippen molar-refractivity contribution in [3.63, 3.8) is 0 Å². The summed E-state index contributed by atoms with van der Waals surface area (Å²) in [6.07, 6.45) is 0. The summed E-state index contributed by atoms with van der Waals surface area (Å²) >= 11 is 1.41. The maximum Gasteiger partial charge on any atom is 0.236 e. The molecule has 0 bridgehead atoms. The van der Waals surface area contributed by atoms with E-state index < -0.39 is 0 Å². The van der Waals surface area contributed by atoms with Crippen molar-refractivity contribution in [1.29, 1.82) is 0 Å². The second-order valence-corrected chi connectivity index (χ2v) is 4.43. The molecule has 1 aromatic heterocycles. The highest BCUT2D eigenvalue weighted by Crippen LogP contribution is 2.18.